The summed E-state index contributed by atoms with van der Waals surface area (Å²) in [6.45, 7) is 2.56. The zero-order valence-corrected chi connectivity index (χ0v) is 11.5. The van der Waals surface area contributed by atoms with Gasteiger partial charge in [-0.15, -0.1) is 0 Å². The molecule has 0 saturated heterocycles. The van der Waals surface area contributed by atoms with Gasteiger partial charge in [0.1, 0.15) is 5.02 Å². The molecule has 0 saturated carbocycles. The number of rotatable bonds is 3. The summed E-state index contributed by atoms with van der Waals surface area (Å²) in [6, 6.07) is 13.3. The van der Waals surface area contributed by atoms with Gasteiger partial charge in [-0.25, -0.2) is 0 Å². The SMILES string of the molecule is O=[N+]([O-])c1ccc(CN2Cc3ccccc3C2)cc1Cl. The topological polar surface area (TPSA) is 46.4 Å². The van der Waals surface area contributed by atoms with Crippen LogP contribution in [-0.4, -0.2) is 9.82 Å². The van der Waals surface area contributed by atoms with Crippen LogP contribution < -0.4 is 0 Å². The predicted molar refractivity (Wildman–Crippen MR) is 77.5 cm³/mol. The number of hydrogen-bond donors (Lipinski definition) is 0. The van der Waals surface area contributed by atoms with E-state index in [0.29, 0.717) is 0 Å². The molecule has 0 radical (unpaired) electrons. The van der Waals surface area contributed by atoms with Crippen molar-refractivity contribution in [3.8, 4) is 0 Å². The molecule has 0 atom stereocenters. The van der Waals surface area contributed by atoms with Crippen LogP contribution in [0.5, 0.6) is 0 Å². The maximum atomic E-state index is 10.7. The summed E-state index contributed by atoms with van der Waals surface area (Å²) < 4.78 is 0. The first-order valence-corrected chi connectivity index (χ1v) is 6.73. The molecule has 20 heavy (non-hydrogen) atoms. The highest BCUT2D eigenvalue weighted by Gasteiger charge is 2.19. The van der Waals surface area contributed by atoms with Gasteiger partial charge in [0.15, 0.2) is 0 Å². The van der Waals surface area contributed by atoms with Gasteiger partial charge in [-0.05, 0) is 22.8 Å². The Kier molecular flexibility index (Phi) is 3.42. The van der Waals surface area contributed by atoms with Crippen LogP contribution in [0.1, 0.15) is 16.7 Å². The van der Waals surface area contributed by atoms with E-state index < -0.39 is 4.92 Å². The van der Waals surface area contributed by atoms with E-state index in [1.807, 2.05) is 12.1 Å². The highest BCUT2D eigenvalue weighted by molar-refractivity contribution is 6.32. The largest absolute Gasteiger partial charge is 0.291 e. The summed E-state index contributed by atoms with van der Waals surface area (Å²) in [4.78, 5) is 12.6. The fraction of sp³-hybridized carbons (Fsp3) is 0.200. The van der Waals surface area contributed by atoms with Crippen molar-refractivity contribution < 1.29 is 4.92 Å². The van der Waals surface area contributed by atoms with Crippen molar-refractivity contribution in [2.45, 2.75) is 19.6 Å². The number of nitrogens with zero attached hydrogens (tertiary/aromatic N) is 2. The zero-order chi connectivity index (χ0) is 14.1. The van der Waals surface area contributed by atoms with Gasteiger partial charge >= 0.3 is 0 Å². The van der Waals surface area contributed by atoms with E-state index in [9.17, 15) is 10.1 Å². The Bertz CT molecular complexity index is 648. The lowest BCUT2D eigenvalue weighted by atomic mass is 10.1. The molecule has 0 fully saturated rings. The van der Waals surface area contributed by atoms with Crippen molar-refractivity contribution in [3.05, 3.63) is 74.3 Å². The van der Waals surface area contributed by atoms with Crippen molar-refractivity contribution in [2.75, 3.05) is 0 Å². The van der Waals surface area contributed by atoms with E-state index in [1.165, 1.54) is 17.2 Å². The second kappa shape index (κ2) is 5.23. The highest BCUT2D eigenvalue weighted by atomic mass is 35.5. The van der Waals surface area contributed by atoms with E-state index in [2.05, 4.69) is 17.0 Å². The van der Waals surface area contributed by atoms with E-state index >= 15 is 0 Å². The minimum absolute atomic E-state index is 0.0416. The lowest BCUT2D eigenvalue weighted by molar-refractivity contribution is -0.384. The zero-order valence-electron chi connectivity index (χ0n) is 10.8. The Hall–Kier alpha value is -1.91. The molecule has 0 amide bonds. The molecule has 3 rings (SSSR count). The molecule has 2 aromatic rings. The molecule has 0 bridgehead atoms. The monoisotopic (exact) mass is 288 g/mol. The molecule has 0 aliphatic carbocycles. The second-order valence-corrected chi connectivity index (χ2v) is 5.36. The van der Waals surface area contributed by atoms with Crippen molar-refractivity contribution >= 4 is 17.3 Å². The summed E-state index contributed by atoms with van der Waals surface area (Å²) in [5, 5.41) is 10.9. The van der Waals surface area contributed by atoms with Gasteiger partial charge < -0.3 is 0 Å². The molecule has 2 aromatic carbocycles. The number of halogens is 1. The van der Waals surface area contributed by atoms with E-state index in [1.54, 1.807) is 12.1 Å². The van der Waals surface area contributed by atoms with Crippen LogP contribution in [0.3, 0.4) is 0 Å². The fourth-order valence-electron chi connectivity index (χ4n) is 2.57. The summed E-state index contributed by atoms with van der Waals surface area (Å²) in [7, 11) is 0. The third-order valence-corrected chi connectivity index (χ3v) is 3.82. The predicted octanol–water partition coefficient (Wildman–Crippen LogP) is 3.76. The Morgan fingerprint density at radius 3 is 2.35 bits per heavy atom. The molecule has 1 aliphatic rings. The molecule has 0 spiro atoms. The Labute approximate surface area is 121 Å². The molecule has 4 nitrogen and oxygen atoms in total. The molecular formula is C15H13ClN2O2. The van der Waals surface area contributed by atoms with Gasteiger partial charge in [0, 0.05) is 25.7 Å². The lowest BCUT2D eigenvalue weighted by Crippen LogP contribution is -2.15. The molecule has 1 aliphatic heterocycles. The number of benzene rings is 2. The van der Waals surface area contributed by atoms with Crippen molar-refractivity contribution in [1.82, 2.24) is 4.90 Å². The molecule has 0 N–H and O–H groups in total. The van der Waals surface area contributed by atoms with Crippen LogP contribution in [0.25, 0.3) is 0 Å². The Morgan fingerprint density at radius 1 is 1.15 bits per heavy atom. The average Bonchev–Trinajstić information content (AvgIpc) is 2.80. The Balaban J connectivity index is 1.74. The van der Waals surface area contributed by atoms with E-state index in [0.717, 1.165) is 25.2 Å². The number of hydrogen-bond acceptors (Lipinski definition) is 3. The minimum atomic E-state index is -0.460. The lowest BCUT2D eigenvalue weighted by Gasteiger charge is -2.14. The van der Waals surface area contributed by atoms with Crippen LogP contribution in [0.2, 0.25) is 5.02 Å². The quantitative estimate of drug-likeness (QED) is 0.638. The maximum absolute atomic E-state index is 10.7. The van der Waals surface area contributed by atoms with E-state index in [4.69, 9.17) is 11.6 Å². The highest BCUT2D eigenvalue weighted by Crippen LogP contribution is 2.28. The van der Waals surface area contributed by atoms with Gasteiger partial charge in [0.25, 0.3) is 5.69 Å². The third-order valence-electron chi connectivity index (χ3n) is 3.52. The van der Waals surface area contributed by atoms with Gasteiger partial charge in [-0.3, -0.25) is 15.0 Å². The molecule has 5 heteroatoms. The van der Waals surface area contributed by atoms with Crippen LogP contribution in [0.15, 0.2) is 42.5 Å². The third kappa shape index (κ3) is 2.53. The van der Waals surface area contributed by atoms with Crippen LogP contribution in [-0.2, 0) is 19.6 Å². The van der Waals surface area contributed by atoms with Gasteiger partial charge in [-0.1, -0.05) is 41.9 Å². The standard InChI is InChI=1S/C15H13ClN2O2/c16-14-7-11(5-6-15(14)18(19)20)8-17-9-12-3-1-2-4-13(12)10-17/h1-7H,8-10H2. The smallest absolute Gasteiger partial charge is 0.287 e. The van der Waals surface area contributed by atoms with Crippen LogP contribution >= 0.6 is 11.6 Å². The summed E-state index contributed by atoms with van der Waals surface area (Å²) >= 11 is 5.94. The average molecular weight is 289 g/mol. The van der Waals surface area contributed by atoms with Crippen LogP contribution in [0.4, 0.5) is 5.69 Å². The number of nitro groups is 1. The number of fused-ring (bicyclic) bond motifs is 1. The van der Waals surface area contributed by atoms with Crippen LogP contribution in [0, 0.1) is 10.1 Å². The first-order chi connectivity index (χ1) is 9.63. The molecule has 0 aromatic heterocycles. The summed E-state index contributed by atoms with van der Waals surface area (Å²) in [6.07, 6.45) is 0. The van der Waals surface area contributed by atoms with Crippen molar-refractivity contribution in [3.63, 3.8) is 0 Å². The second-order valence-electron chi connectivity index (χ2n) is 4.96. The molecular weight excluding hydrogens is 276 g/mol. The van der Waals surface area contributed by atoms with Gasteiger partial charge in [-0.2, -0.15) is 0 Å². The first-order valence-electron chi connectivity index (χ1n) is 6.35. The van der Waals surface area contributed by atoms with E-state index in [-0.39, 0.29) is 10.7 Å². The van der Waals surface area contributed by atoms with Gasteiger partial charge in [0.05, 0.1) is 4.92 Å². The molecule has 1 heterocycles. The molecule has 0 unspecified atom stereocenters. The normalized spacial score (nSPS) is 14.2. The van der Waals surface area contributed by atoms with Gasteiger partial charge in [0.2, 0.25) is 0 Å². The maximum Gasteiger partial charge on any atom is 0.287 e. The first kappa shape index (κ1) is 13.1. The summed E-state index contributed by atoms with van der Waals surface area (Å²) in [5.41, 5.74) is 3.65. The Morgan fingerprint density at radius 2 is 1.80 bits per heavy atom. The fourth-order valence-corrected chi connectivity index (χ4v) is 2.84. The summed E-state index contributed by atoms with van der Waals surface area (Å²) in [5.74, 6) is 0. The number of nitro benzene ring substituents is 1. The minimum Gasteiger partial charge on any atom is -0.291 e. The van der Waals surface area contributed by atoms with Crippen molar-refractivity contribution in [1.29, 1.82) is 0 Å². The van der Waals surface area contributed by atoms with Crippen molar-refractivity contribution in [2.24, 2.45) is 0 Å². The molecule has 102 valence electrons.